The van der Waals surface area contributed by atoms with Gasteiger partial charge in [0.1, 0.15) is 5.75 Å². The smallest absolute Gasteiger partial charge is 0.417 e. The summed E-state index contributed by atoms with van der Waals surface area (Å²) < 4.78 is 14.5. The number of carbonyl (C=O) groups is 2. The van der Waals surface area contributed by atoms with Crippen LogP contribution in [0.4, 0.5) is 0 Å². The van der Waals surface area contributed by atoms with E-state index in [1.807, 2.05) is 0 Å². The number of methoxy groups -OCH3 is 1. The Labute approximate surface area is 116 Å². The summed E-state index contributed by atoms with van der Waals surface area (Å²) in [4.78, 5) is 22.2. The minimum Gasteiger partial charge on any atom is -0.496 e. The first-order valence-electron chi connectivity index (χ1n) is 5.74. The molecule has 0 fully saturated rings. The lowest BCUT2D eigenvalue weighted by molar-refractivity contribution is -0.167. The van der Waals surface area contributed by atoms with Gasteiger partial charge in [-0.3, -0.25) is 0 Å². The van der Waals surface area contributed by atoms with Crippen LogP contribution in [0.1, 0.15) is 12.5 Å². The molecule has 0 atom stereocenters. The van der Waals surface area contributed by atoms with Gasteiger partial charge >= 0.3 is 11.9 Å². The molecular formula is C13H15ClO5. The summed E-state index contributed by atoms with van der Waals surface area (Å²) in [5.74, 6) is -1.33. The van der Waals surface area contributed by atoms with Gasteiger partial charge in [-0.2, -0.15) is 0 Å². The van der Waals surface area contributed by atoms with Crippen LogP contribution in [0, 0.1) is 0 Å². The topological polar surface area (TPSA) is 61.8 Å². The molecule has 0 saturated carbocycles. The second-order valence-electron chi connectivity index (χ2n) is 3.56. The minimum absolute atomic E-state index is 0.0500. The van der Waals surface area contributed by atoms with E-state index in [1.54, 1.807) is 25.1 Å². The molecule has 1 aromatic carbocycles. The first-order valence-corrected chi connectivity index (χ1v) is 6.12. The lowest BCUT2D eigenvalue weighted by Gasteiger charge is -2.09. The Morgan fingerprint density at radius 1 is 1.21 bits per heavy atom. The summed E-state index contributed by atoms with van der Waals surface area (Å²) in [6.45, 7) is 1.80. The van der Waals surface area contributed by atoms with E-state index in [0.29, 0.717) is 17.2 Å². The van der Waals surface area contributed by atoms with Gasteiger partial charge < -0.3 is 14.2 Å². The van der Waals surface area contributed by atoms with Gasteiger partial charge in [0.15, 0.2) is 0 Å². The Morgan fingerprint density at radius 3 is 2.53 bits per heavy atom. The third-order valence-electron chi connectivity index (χ3n) is 2.29. The zero-order chi connectivity index (χ0) is 14.3. The summed E-state index contributed by atoms with van der Waals surface area (Å²) >= 11 is 5.87. The van der Waals surface area contributed by atoms with Crippen molar-refractivity contribution in [2.45, 2.75) is 13.3 Å². The van der Waals surface area contributed by atoms with Crippen molar-refractivity contribution in [3.8, 4) is 5.75 Å². The average molecular weight is 287 g/mol. The molecule has 5 nitrogen and oxygen atoms in total. The maximum Gasteiger partial charge on any atom is 0.417 e. The molecule has 0 heterocycles. The van der Waals surface area contributed by atoms with E-state index in [1.165, 1.54) is 7.11 Å². The third-order valence-corrected chi connectivity index (χ3v) is 2.52. The molecule has 0 bridgehead atoms. The zero-order valence-corrected chi connectivity index (χ0v) is 11.5. The maximum atomic E-state index is 11.2. The molecule has 0 aliphatic rings. The number of halogens is 1. The van der Waals surface area contributed by atoms with Gasteiger partial charge in [0.05, 0.1) is 20.3 Å². The number of esters is 2. The van der Waals surface area contributed by atoms with Crippen LogP contribution in [0.15, 0.2) is 18.2 Å². The Hall–Kier alpha value is -1.75. The van der Waals surface area contributed by atoms with Crippen molar-refractivity contribution in [2.24, 2.45) is 0 Å². The van der Waals surface area contributed by atoms with Crippen molar-refractivity contribution < 1.29 is 23.8 Å². The van der Waals surface area contributed by atoms with Crippen molar-refractivity contribution in [2.75, 3.05) is 20.3 Å². The Bertz CT molecular complexity index is 458. The van der Waals surface area contributed by atoms with Crippen molar-refractivity contribution >= 4 is 23.5 Å². The molecule has 104 valence electrons. The van der Waals surface area contributed by atoms with E-state index >= 15 is 0 Å². The predicted octanol–water partition coefficient (Wildman–Crippen LogP) is 2.00. The lowest BCUT2D eigenvalue weighted by Crippen LogP contribution is -2.21. The van der Waals surface area contributed by atoms with Crippen LogP contribution in [0.2, 0.25) is 5.02 Å². The fraction of sp³-hybridized carbons (Fsp3) is 0.385. The molecule has 0 aliphatic carbocycles. The molecule has 19 heavy (non-hydrogen) atoms. The molecular weight excluding hydrogens is 272 g/mol. The largest absolute Gasteiger partial charge is 0.496 e. The van der Waals surface area contributed by atoms with Crippen molar-refractivity contribution in [3.63, 3.8) is 0 Å². The van der Waals surface area contributed by atoms with Gasteiger partial charge in [-0.05, 0) is 30.7 Å². The number of carbonyl (C=O) groups excluding carboxylic acids is 2. The van der Waals surface area contributed by atoms with Crippen LogP contribution >= 0.6 is 11.6 Å². The normalized spacial score (nSPS) is 9.84. The highest BCUT2D eigenvalue weighted by molar-refractivity contribution is 6.30. The average Bonchev–Trinajstić information content (AvgIpc) is 2.39. The van der Waals surface area contributed by atoms with E-state index in [-0.39, 0.29) is 13.2 Å². The Balaban J connectivity index is 2.51. The predicted molar refractivity (Wildman–Crippen MR) is 69.3 cm³/mol. The van der Waals surface area contributed by atoms with Crippen LogP contribution in [-0.2, 0) is 25.5 Å². The Morgan fingerprint density at radius 2 is 1.89 bits per heavy atom. The minimum atomic E-state index is -0.997. The number of ether oxygens (including phenoxy) is 3. The SMILES string of the molecule is CCOC(=O)C(=O)OCCc1cc(Cl)ccc1OC. The fourth-order valence-electron chi connectivity index (χ4n) is 1.45. The number of hydrogen-bond acceptors (Lipinski definition) is 5. The van der Waals surface area contributed by atoms with E-state index in [9.17, 15) is 9.59 Å². The molecule has 0 aliphatic heterocycles. The molecule has 6 heteroatoms. The molecule has 1 rings (SSSR count). The van der Waals surface area contributed by atoms with Crippen LogP contribution in [-0.4, -0.2) is 32.3 Å². The molecule has 0 aromatic heterocycles. The molecule has 0 unspecified atom stereocenters. The van der Waals surface area contributed by atoms with Crippen LogP contribution in [0.5, 0.6) is 5.75 Å². The zero-order valence-electron chi connectivity index (χ0n) is 10.8. The molecule has 1 aromatic rings. The van der Waals surface area contributed by atoms with E-state index in [2.05, 4.69) is 4.74 Å². The first kappa shape index (κ1) is 15.3. The summed E-state index contributed by atoms with van der Waals surface area (Å²) in [5, 5.41) is 0.563. The van der Waals surface area contributed by atoms with Crippen LogP contribution in [0.25, 0.3) is 0 Å². The number of benzene rings is 1. The van der Waals surface area contributed by atoms with Crippen LogP contribution < -0.4 is 4.74 Å². The monoisotopic (exact) mass is 286 g/mol. The van der Waals surface area contributed by atoms with Gasteiger partial charge in [-0.25, -0.2) is 9.59 Å². The van der Waals surface area contributed by atoms with Gasteiger partial charge in [-0.15, -0.1) is 0 Å². The van der Waals surface area contributed by atoms with E-state index < -0.39 is 11.9 Å². The molecule has 0 amide bonds. The number of hydrogen-bond donors (Lipinski definition) is 0. The van der Waals surface area contributed by atoms with E-state index in [4.69, 9.17) is 21.1 Å². The van der Waals surface area contributed by atoms with Crippen LogP contribution in [0.3, 0.4) is 0 Å². The fourth-order valence-corrected chi connectivity index (χ4v) is 1.64. The molecule has 0 N–H and O–H groups in total. The van der Waals surface area contributed by atoms with Crippen molar-refractivity contribution in [3.05, 3.63) is 28.8 Å². The lowest BCUT2D eigenvalue weighted by atomic mass is 10.1. The highest BCUT2D eigenvalue weighted by Crippen LogP contribution is 2.22. The maximum absolute atomic E-state index is 11.2. The highest BCUT2D eigenvalue weighted by atomic mass is 35.5. The molecule has 0 radical (unpaired) electrons. The first-order chi connectivity index (χ1) is 9.08. The second-order valence-corrected chi connectivity index (χ2v) is 4.00. The van der Waals surface area contributed by atoms with Gasteiger partial charge in [0.2, 0.25) is 0 Å². The molecule has 0 spiro atoms. The van der Waals surface area contributed by atoms with Gasteiger partial charge in [-0.1, -0.05) is 11.6 Å². The molecule has 0 saturated heterocycles. The standard InChI is InChI=1S/C13H15ClO5/c1-3-18-12(15)13(16)19-7-6-9-8-10(14)4-5-11(9)17-2/h4-5,8H,3,6-7H2,1-2H3. The Kier molecular flexibility index (Phi) is 6.15. The quantitative estimate of drug-likeness (QED) is 0.612. The van der Waals surface area contributed by atoms with Gasteiger partial charge in [0, 0.05) is 11.4 Å². The number of rotatable bonds is 5. The highest BCUT2D eigenvalue weighted by Gasteiger charge is 2.16. The summed E-state index contributed by atoms with van der Waals surface area (Å²) in [6, 6.07) is 5.15. The van der Waals surface area contributed by atoms with Crippen molar-refractivity contribution in [1.29, 1.82) is 0 Å². The van der Waals surface area contributed by atoms with Crippen molar-refractivity contribution in [1.82, 2.24) is 0 Å². The summed E-state index contributed by atoms with van der Waals surface area (Å²) in [7, 11) is 1.54. The third kappa shape index (κ3) is 4.79. The van der Waals surface area contributed by atoms with E-state index in [0.717, 1.165) is 5.56 Å². The summed E-state index contributed by atoms with van der Waals surface area (Å²) in [6.07, 6.45) is 0.398. The van der Waals surface area contributed by atoms with Gasteiger partial charge in [0.25, 0.3) is 0 Å². The summed E-state index contributed by atoms with van der Waals surface area (Å²) in [5.41, 5.74) is 0.798. The second kappa shape index (κ2) is 7.63.